The van der Waals surface area contributed by atoms with Crippen molar-refractivity contribution in [3.8, 4) is 0 Å². The fourth-order valence-electron chi connectivity index (χ4n) is 4.20. The summed E-state index contributed by atoms with van der Waals surface area (Å²) in [5, 5.41) is 2.62. The van der Waals surface area contributed by atoms with E-state index in [2.05, 4.69) is 5.32 Å². The maximum atomic E-state index is 12.9. The van der Waals surface area contributed by atoms with Crippen LogP contribution in [0.3, 0.4) is 0 Å². The Balaban J connectivity index is 1.51. The van der Waals surface area contributed by atoms with Gasteiger partial charge in [-0.1, -0.05) is 12.2 Å². The number of hydrogen-bond acceptors (Lipinski definition) is 3. The van der Waals surface area contributed by atoms with Crippen molar-refractivity contribution >= 4 is 23.4 Å². The number of amides is 3. The predicted octanol–water partition coefficient (Wildman–Crippen LogP) is 1.96. The molecule has 124 valence electrons. The van der Waals surface area contributed by atoms with Crippen LogP contribution in [0.25, 0.3) is 0 Å². The molecular formula is C18H17FN2O3. The number of likely N-dealkylation sites (tertiary alicyclic amines) is 1. The SMILES string of the molecule is CC(C(=O)Nc1ccc(F)cc1)N1C(=O)C2C3C=CC(C3)C2C1=O. The smallest absolute Gasteiger partial charge is 0.247 e. The zero-order valence-corrected chi connectivity index (χ0v) is 13.1. The average molecular weight is 328 g/mol. The highest BCUT2D eigenvalue weighted by molar-refractivity contribution is 6.10. The zero-order chi connectivity index (χ0) is 17.0. The van der Waals surface area contributed by atoms with Gasteiger partial charge in [0, 0.05) is 5.69 Å². The first-order valence-electron chi connectivity index (χ1n) is 8.09. The Labute approximate surface area is 138 Å². The Bertz CT molecular complexity index is 728. The van der Waals surface area contributed by atoms with E-state index in [0.29, 0.717) is 5.69 Å². The highest BCUT2D eigenvalue weighted by atomic mass is 19.1. The first-order chi connectivity index (χ1) is 11.5. The van der Waals surface area contributed by atoms with Gasteiger partial charge in [0.15, 0.2) is 0 Å². The minimum atomic E-state index is -0.889. The molecule has 2 fully saturated rings. The van der Waals surface area contributed by atoms with Gasteiger partial charge in [0.25, 0.3) is 0 Å². The van der Waals surface area contributed by atoms with E-state index >= 15 is 0 Å². The van der Waals surface area contributed by atoms with Gasteiger partial charge in [0.05, 0.1) is 11.8 Å². The van der Waals surface area contributed by atoms with E-state index in [4.69, 9.17) is 0 Å². The number of benzene rings is 1. The van der Waals surface area contributed by atoms with Crippen molar-refractivity contribution in [1.82, 2.24) is 4.90 Å². The molecule has 1 saturated heterocycles. The van der Waals surface area contributed by atoms with Crippen LogP contribution in [-0.2, 0) is 14.4 Å². The molecule has 0 spiro atoms. The van der Waals surface area contributed by atoms with Gasteiger partial charge in [-0.25, -0.2) is 4.39 Å². The molecule has 1 saturated carbocycles. The summed E-state index contributed by atoms with van der Waals surface area (Å²) in [7, 11) is 0. The van der Waals surface area contributed by atoms with E-state index < -0.39 is 17.8 Å². The molecule has 4 rings (SSSR count). The van der Waals surface area contributed by atoms with Crippen LogP contribution in [0.4, 0.5) is 10.1 Å². The van der Waals surface area contributed by atoms with E-state index in [-0.39, 0.29) is 35.5 Å². The number of carbonyl (C=O) groups excluding carboxylic acids is 3. The number of nitrogens with zero attached hydrogens (tertiary/aromatic N) is 1. The lowest BCUT2D eigenvalue weighted by Crippen LogP contribution is -2.46. The Morgan fingerprint density at radius 3 is 2.21 bits per heavy atom. The van der Waals surface area contributed by atoms with E-state index in [1.165, 1.54) is 24.3 Å². The molecule has 2 bridgehead atoms. The first kappa shape index (κ1) is 15.1. The van der Waals surface area contributed by atoms with Crippen LogP contribution < -0.4 is 5.32 Å². The molecule has 3 amide bonds. The number of imide groups is 1. The number of anilines is 1. The molecular weight excluding hydrogens is 311 g/mol. The van der Waals surface area contributed by atoms with Gasteiger partial charge in [-0.15, -0.1) is 0 Å². The normalized spacial score (nSPS) is 31.5. The van der Waals surface area contributed by atoms with Crippen molar-refractivity contribution < 1.29 is 18.8 Å². The van der Waals surface area contributed by atoms with Crippen LogP contribution in [0.15, 0.2) is 36.4 Å². The number of allylic oxidation sites excluding steroid dienone is 2. The third-order valence-corrected chi connectivity index (χ3v) is 5.38. The summed E-state index contributed by atoms with van der Waals surface area (Å²) in [4.78, 5) is 38.9. The summed E-state index contributed by atoms with van der Waals surface area (Å²) >= 11 is 0. The number of rotatable bonds is 3. The van der Waals surface area contributed by atoms with Gasteiger partial charge >= 0.3 is 0 Å². The molecule has 5 atom stereocenters. The van der Waals surface area contributed by atoms with Gasteiger partial charge in [0.1, 0.15) is 11.9 Å². The molecule has 1 aliphatic heterocycles. The third-order valence-electron chi connectivity index (χ3n) is 5.38. The predicted molar refractivity (Wildman–Crippen MR) is 84.1 cm³/mol. The largest absolute Gasteiger partial charge is 0.324 e. The Kier molecular flexibility index (Phi) is 3.30. The molecule has 1 aromatic carbocycles. The van der Waals surface area contributed by atoms with Gasteiger partial charge < -0.3 is 5.32 Å². The molecule has 3 aliphatic rings. The van der Waals surface area contributed by atoms with E-state index in [1.54, 1.807) is 6.92 Å². The van der Waals surface area contributed by atoms with Gasteiger partial charge in [-0.05, 0) is 49.4 Å². The van der Waals surface area contributed by atoms with Crippen LogP contribution in [0.5, 0.6) is 0 Å². The maximum Gasteiger partial charge on any atom is 0.247 e. The van der Waals surface area contributed by atoms with Crippen LogP contribution in [0, 0.1) is 29.5 Å². The number of fused-ring (bicyclic) bond motifs is 5. The summed E-state index contributed by atoms with van der Waals surface area (Å²) in [6.45, 7) is 1.55. The van der Waals surface area contributed by atoms with Crippen LogP contribution in [-0.4, -0.2) is 28.7 Å². The molecule has 5 nitrogen and oxygen atoms in total. The number of hydrogen-bond donors (Lipinski definition) is 1. The monoisotopic (exact) mass is 328 g/mol. The van der Waals surface area contributed by atoms with Gasteiger partial charge in [0.2, 0.25) is 17.7 Å². The maximum absolute atomic E-state index is 12.9. The molecule has 0 aromatic heterocycles. The van der Waals surface area contributed by atoms with E-state index in [0.717, 1.165) is 11.3 Å². The summed E-state index contributed by atoms with van der Waals surface area (Å²) in [5.74, 6) is -1.73. The van der Waals surface area contributed by atoms with E-state index in [1.807, 2.05) is 12.2 Å². The summed E-state index contributed by atoms with van der Waals surface area (Å²) in [6, 6.07) is 4.46. The Hall–Kier alpha value is -2.50. The van der Waals surface area contributed by atoms with Crippen molar-refractivity contribution in [3.05, 3.63) is 42.2 Å². The number of nitrogens with one attached hydrogen (secondary N) is 1. The zero-order valence-electron chi connectivity index (χ0n) is 13.1. The lowest BCUT2D eigenvalue weighted by molar-refractivity contribution is -0.146. The first-order valence-corrected chi connectivity index (χ1v) is 8.09. The topological polar surface area (TPSA) is 66.5 Å². The quantitative estimate of drug-likeness (QED) is 0.681. The fraction of sp³-hybridized carbons (Fsp3) is 0.389. The van der Waals surface area contributed by atoms with Crippen molar-refractivity contribution in [2.24, 2.45) is 23.7 Å². The second-order valence-corrected chi connectivity index (χ2v) is 6.72. The number of halogens is 1. The second kappa shape index (κ2) is 5.26. The third kappa shape index (κ3) is 2.09. The molecule has 1 aromatic rings. The second-order valence-electron chi connectivity index (χ2n) is 6.72. The van der Waals surface area contributed by atoms with Crippen molar-refractivity contribution in [3.63, 3.8) is 0 Å². The Morgan fingerprint density at radius 2 is 1.67 bits per heavy atom. The average Bonchev–Trinajstić information content (AvgIpc) is 3.23. The summed E-state index contributed by atoms with van der Waals surface area (Å²) < 4.78 is 12.9. The van der Waals surface area contributed by atoms with Crippen molar-refractivity contribution in [2.45, 2.75) is 19.4 Å². The minimum absolute atomic E-state index is 0.119. The standard InChI is InChI=1S/C18H17FN2O3/c1-9(16(22)20-13-6-4-12(19)5-7-13)21-17(23)14-10-2-3-11(8-10)15(14)18(21)24/h2-7,9-11,14-15H,8H2,1H3,(H,20,22). The van der Waals surface area contributed by atoms with Crippen molar-refractivity contribution in [2.75, 3.05) is 5.32 Å². The minimum Gasteiger partial charge on any atom is -0.324 e. The molecule has 0 radical (unpaired) electrons. The van der Waals surface area contributed by atoms with Gasteiger partial charge in [-0.2, -0.15) is 0 Å². The Morgan fingerprint density at radius 1 is 1.12 bits per heavy atom. The lowest BCUT2D eigenvalue weighted by atomic mass is 9.85. The van der Waals surface area contributed by atoms with E-state index in [9.17, 15) is 18.8 Å². The van der Waals surface area contributed by atoms with Crippen LogP contribution >= 0.6 is 0 Å². The molecule has 1 N–H and O–H groups in total. The summed E-state index contributed by atoms with van der Waals surface area (Å²) in [6.07, 6.45) is 4.89. The summed E-state index contributed by atoms with van der Waals surface area (Å²) in [5.41, 5.74) is 0.425. The number of carbonyl (C=O) groups is 3. The van der Waals surface area contributed by atoms with Crippen molar-refractivity contribution in [1.29, 1.82) is 0 Å². The van der Waals surface area contributed by atoms with Crippen LogP contribution in [0.1, 0.15) is 13.3 Å². The molecule has 1 heterocycles. The fourth-order valence-corrected chi connectivity index (χ4v) is 4.20. The highest BCUT2D eigenvalue weighted by Gasteiger charge is 2.60. The molecule has 6 heteroatoms. The molecule has 2 aliphatic carbocycles. The highest BCUT2D eigenvalue weighted by Crippen LogP contribution is 2.52. The molecule has 5 unspecified atom stereocenters. The van der Waals surface area contributed by atoms with Crippen LogP contribution in [0.2, 0.25) is 0 Å². The lowest BCUT2D eigenvalue weighted by Gasteiger charge is -2.23. The van der Waals surface area contributed by atoms with Gasteiger partial charge in [-0.3, -0.25) is 19.3 Å². The molecule has 24 heavy (non-hydrogen) atoms.